The Bertz CT molecular complexity index is 83.1. The first kappa shape index (κ1) is 8.43. The summed E-state index contributed by atoms with van der Waals surface area (Å²) in [5, 5.41) is 10.5. The van der Waals surface area contributed by atoms with Crippen molar-refractivity contribution in [2.75, 3.05) is 6.73 Å². The predicted molar refractivity (Wildman–Crippen MR) is 34.8 cm³/mol. The number of aliphatic hydroxyl groups excluding tert-OH is 1. The lowest BCUT2D eigenvalue weighted by Crippen LogP contribution is -2.23. The maximum Gasteiger partial charge on any atom is 0.221 e. The number of amides is 1. The van der Waals surface area contributed by atoms with Gasteiger partial charge in [0.2, 0.25) is 5.91 Å². The predicted octanol–water partition coefficient (Wildman–Crippen LogP) is 0.243. The molecule has 2 N–H and O–H groups in total. The van der Waals surface area contributed by atoms with E-state index in [0.717, 1.165) is 12.8 Å². The van der Waals surface area contributed by atoms with E-state index in [1.807, 2.05) is 6.92 Å². The third kappa shape index (κ3) is 5.30. The van der Waals surface area contributed by atoms with E-state index in [0.29, 0.717) is 6.42 Å². The minimum Gasteiger partial charge on any atom is -0.377 e. The summed E-state index contributed by atoms with van der Waals surface area (Å²) in [6, 6.07) is 0. The fourth-order valence-corrected chi connectivity index (χ4v) is 0.514. The minimum absolute atomic E-state index is 0.0700. The van der Waals surface area contributed by atoms with Crippen molar-refractivity contribution in [1.82, 2.24) is 5.32 Å². The van der Waals surface area contributed by atoms with Crippen LogP contribution in [0.15, 0.2) is 0 Å². The van der Waals surface area contributed by atoms with Crippen molar-refractivity contribution < 1.29 is 9.90 Å². The number of nitrogens with one attached hydrogen (secondary N) is 1. The first-order valence-corrected chi connectivity index (χ1v) is 3.18. The third-order valence-electron chi connectivity index (χ3n) is 1.03. The lowest BCUT2D eigenvalue weighted by molar-refractivity contribution is -0.122. The number of hydrogen-bond acceptors (Lipinski definition) is 2. The Balaban J connectivity index is 3.06. The molecule has 0 atom stereocenters. The Kier molecular flexibility index (Phi) is 5.21. The zero-order valence-electron chi connectivity index (χ0n) is 5.68. The van der Waals surface area contributed by atoms with Crippen LogP contribution in [0.3, 0.4) is 0 Å². The van der Waals surface area contributed by atoms with E-state index in [9.17, 15) is 4.79 Å². The molecule has 0 aliphatic carbocycles. The highest BCUT2D eigenvalue weighted by Crippen LogP contribution is 1.91. The first-order chi connectivity index (χ1) is 4.31. The average Bonchev–Trinajstić information content (AvgIpc) is 1.85. The van der Waals surface area contributed by atoms with Crippen molar-refractivity contribution >= 4 is 5.91 Å². The Morgan fingerprint density at radius 1 is 1.67 bits per heavy atom. The molecule has 0 saturated carbocycles. The van der Waals surface area contributed by atoms with Crippen LogP contribution >= 0.6 is 0 Å². The Hall–Kier alpha value is -0.570. The van der Waals surface area contributed by atoms with E-state index >= 15 is 0 Å². The summed E-state index contributed by atoms with van der Waals surface area (Å²) in [4.78, 5) is 10.5. The van der Waals surface area contributed by atoms with Crippen LogP contribution in [-0.2, 0) is 4.79 Å². The summed E-state index contributed by atoms with van der Waals surface area (Å²) < 4.78 is 0. The van der Waals surface area contributed by atoms with Crippen LogP contribution in [0.1, 0.15) is 26.2 Å². The number of carbonyl (C=O) groups excluding carboxylic acids is 1. The van der Waals surface area contributed by atoms with Gasteiger partial charge >= 0.3 is 0 Å². The van der Waals surface area contributed by atoms with E-state index in [1.54, 1.807) is 0 Å². The molecule has 1 amide bonds. The molecular weight excluding hydrogens is 118 g/mol. The average molecular weight is 131 g/mol. The highest BCUT2D eigenvalue weighted by atomic mass is 16.3. The molecule has 0 aliphatic rings. The van der Waals surface area contributed by atoms with Gasteiger partial charge in [0.05, 0.1) is 0 Å². The van der Waals surface area contributed by atoms with E-state index < -0.39 is 0 Å². The van der Waals surface area contributed by atoms with Gasteiger partial charge < -0.3 is 10.4 Å². The van der Waals surface area contributed by atoms with Crippen molar-refractivity contribution in [3.05, 3.63) is 0 Å². The van der Waals surface area contributed by atoms with Crippen LogP contribution in [0, 0.1) is 0 Å². The highest BCUT2D eigenvalue weighted by Gasteiger charge is 1.95. The van der Waals surface area contributed by atoms with E-state index in [4.69, 9.17) is 5.11 Å². The normalized spacial score (nSPS) is 9.11. The molecule has 0 spiro atoms. The minimum atomic E-state index is -0.247. The van der Waals surface area contributed by atoms with Crippen molar-refractivity contribution in [3.63, 3.8) is 0 Å². The first-order valence-electron chi connectivity index (χ1n) is 3.18. The fourth-order valence-electron chi connectivity index (χ4n) is 0.514. The number of unbranched alkanes of at least 4 members (excludes halogenated alkanes) is 1. The standard InChI is InChI=1S/C6H13NO2/c1-2-3-4-6(9)7-5-8/h8H,2-5H2,1H3,(H,7,9). The molecule has 0 aromatic heterocycles. The molecule has 0 unspecified atom stereocenters. The quantitative estimate of drug-likeness (QED) is 0.537. The van der Waals surface area contributed by atoms with Gasteiger partial charge in [0.15, 0.2) is 0 Å². The molecule has 0 heterocycles. The molecule has 0 bridgehead atoms. The SMILES string of the molecule is CCCCC(=O)NCO. The van der Waals surface area contributed by atoms with Crippen LogP contribution in [0.5, 0.6) is 0 Å². The van der Waals surface area contributed by atoms with Crippen molar-refractivity contribution in [1.29, 1.82) is 0 Å². The second-order valence-electron chi connectivity index (χ2n) is 1.86. The van der Waals surface area contributed by atoms with Gasteiger partial charge in [-0.3, -0.25) is 4.79 Å². The molecule has 0 saturated heterocycles. The highest BCUT2D eigenvalue weighted by molar-refractivity contribution is 5.75. The Morgan fingerprint density at radius 2 is 2.33 bits per heavy atom. The van der Waals surface area contributed by atoms with Crippen LogP contribution in [0.4, 0.5) is 0 Å². The zero-order chi connectivity index (χ0) is 7.11. The monoisotopic (exact) mass is 131 g/mol. The van der Waals surface area contributed by atoms with Gasteiger partial charge in [0, 0.05) is 6.42 Å². The lowest BCUT2D eigenvalue weighted by Gasteiger charge is -1.97. The second-order valence-corrected chi connectivity index (χ2v) is 1.86. The smallest absolute Gasteiger partial charge is 0.221 e. The van der Waals surface area contributed by atoms with Gasteiger partial charge in [-0.25, -0.2) is 0 Å². The Morgan fingerprint density at radius 3 is 2.78 bits per heavy atom. The molecule has 0 fully saturated rings. The maximum atomic E-state index is 10.5. The molecular formula is C6H13NO2. The molecule has 3 nitrogen and oxygen atoms in total. The van der Waals surface area contributed by atoms with Crippen molar-refractivity contribution in [3.8, 4) is 0 Å². The second kappa shape index (κ2) is 5.56. The van der Waals surface area contributed by atoms with Crippen LogP contribution in [-0.4, -0.2) is 17.7 Å². The summed E-state index contributed by atoms with van der Waals surface area (Å²) in [5.41, 5.74) is 0. The third-order valence-corrected chi connectivity index (χ3v) is 1.03. The summed E-state index contributed by atoms with van der Waals surface area (Å²) >= 11 is 0. The van der Waals surface area contributed by atoms with Crippen LogP contribution in [0.2, 0.25) is 0 Å². The summed E-state index contributed by atoms with van der Waals surface area (Å²) in [5.74, 6) is -0.0700. The van der Waals surface area contributed by atoms with Crippen LogP contribution in [0.25, 0.3) is 0 Å². The largest absolute Gasteiger partial charge is 0.377 e. The maximum absolute atomic E-state index is 10.5. The zero-order valence-corrected chi connectivity index (χ0v) is 5.68. The number of carbonyl (C=O) groups is 1. The van der Waals surface area contributed by atoms with Gasteiger partial charge in [-0.2, -0.15) is 0 Å². The summed E-state index contributed by atoms with van der Waals surface area (Å²) in [6.07, 6.45) is 2.43. The molecule has 54 valence electrons. The number of hydrogen-bond donors (Lipinski definition) is 2. The summed E-state index contributed by atoms with van der Waals surface area (Å²) in [7, 11) is 0. The molecule has 0 aromatic carbocycles. The van der Waals surface area contributed by atoms with Gasteiger partial charge in [-0.05, 0) is 6.42 Å². The molecule has 0 aromatic rings. The van der Waals surface area contributed by atoms with Gasteiger partial charge in [0.1, 0.15) is 6.73 Å². The van der Waals surface area contributed by atoms with Gasteiger partial charge in [-0.1, -0.05) is 13.3 Å². The van der Waals surface area contributed by atoms with Crippen molar-refractivity contribution in [2.45, 2.75) is 26.2 Å². The molecule has 0 aliphatic heterocycles. The fraction of sp³-hybridized carbons (Fsp3) is 0.833. The molecule has 3 heteroatoms. The van der Waals surface area contributed by atoms with E-state index in [-0.39, 0.29) is 12.6 Å². The number of rotatable bonds is 4. The lowest BCUT2D eigenvalue weighted by atomic mass is 10.2. The number of aliphatic hydroxyl groups is 1. The topological polar surface area (TPSA) is 49.3 Å². The van der Waals surface area contributed by atoms with Crippen molar-refractivity contribution in [2.24, 2.45) is 0 Å². The molecule has 0 radical (unpaired) electrons. The van der Waals surface area contributed by atoms with Gasteiger partial charge in [0.25, 0.3) is 0 Å². The van der Waals surface area contributed by atoms with Gasteiger partial charge in [-0.15, -0.1) is 0 Å². The van der Waals surface area contributed by atoms with Crippen LogP contribution < -0.4 is 5.32 Å². The summed E-state index contributed by atoms with van der Waals surface area (Å²) in [6.45, 7) is 1.77. The van der Waals surface area contributed by atoms with E-state index in [1.165, 1.54) is 0 Å². The van der Waals surface area contributed by atoms with E-state index in [2.05, 4.69) is 5.32 Å². The molecule has 0 rings (SSSR count). The molecule has 9 heavy (non-hydrogen) atoms. The Labute approximate surface area is 55.1 Å².